The van der Waals surface area contributed by atoms with Gasteiger partial charge < -0.3 is 20.3 Å². The summed E-state index contributed by atoms with van der Waals surface area (Å²) in [5.41, 5.74) is 1.79. The molecule has 6 heteroatoms. The van der Waals surface area contributed by atoms with Gasteiger partial charge in [-0.05, 0) is 56.4 Å². The Bertz CT molecular complexity index is 561. The van der Waals surface area contributed by atoms with E-state index in [9.17, 15) is 9.59 Å². The average molecular weight is 331 g/mol. The van der Waals surface area contributed by atoms with E-state index in [2.05, 4.69) is 15.5 Å². The molecular formula is C18H25N3O3. The minimum Gasteiger partial charge on any atom is -0.376 e. The monoisotopic (exact) mass is 331 g/mol. The third-order valence-corrected chi connectivity index (χ3v) is 4.57. The van der Waals surface area contributed by atoms with E-state index in [0.717, 1.165) is 38.2 Å². The SMILES string of the molecule is O=C(NCC1CCCO1)C(=O)Nc1ccc(N2CCCCC2)cc1. The first kappa shape index (κ1) is 16.8. The first-order valence-electron chi connectivity index (χ1n) is 8.78. The maximum Gasteiger partial charge on any atom is 0.313 e. The zero-order valence-corrected chi connectivity index (χ0v) is 13.9. The van der Waals surface area contributed by atoms with Gasteiger partial charge in [0, 0.05) is 37.6 Å². The number of amides is 2. The van der Waals surface area contributed by atoms with Gasteiger partial charge in [0.05, 0.1) is 6.10 Å². The summed E-state index contributed by atoms with van der Waals surface area (Å²) >= 11 is 0. The van der Waals surface area contributed by atoms with Gasteiger partial charge in [0.25, 0.3) is 0 Å². The Balaban J connectivity index is 1.47. The van der Waals surface area contributed by atoms with Crippen LogP contribution in [0.15, 0.2) is 24.3 Å². The van der Waals surface area contributed by atoms with Crippen molar-refractivity contribution in [2.45, 2.75) is 38.2 Å². The summed E-state index contributed by atoms with van der Waals surface area (Å²) in [6.07, 6.45) is 5.72. The average Bonchev–Trinajstić information content (AvgIpc) is 3.14. The van der Waals surface area contributed by atoms with Crippen LogP contribution < -0.4 is 15.5 Å². The van der Waals surface area contributed by atoms with Gasteiger partial charge in [0.1, 0.15) is 0 Å². The Morgan fingerprint density at radius 3 is 2.46 bits per heavy atom. The Morgan fingerprint density at radius 2 is 1.79 bits per heavy atom. The number of hydrogen-bond donors (Lipinski definition) is 2. The summed E-state index contributed by atoms with van der Waals surface area (Å²) in [6, 6.07) is 7.67. The molecule has 6 nitrogen and oxygen atoms in total. The molecule has 1 unspecified atom stereocenters. The number of hydrogen-bond acceptors (Lipinski definition) is 4. The second-order valence-corrected chi connectivity index (χ2v) is 6.39. The lowest BCUT2D eigenvalue weighted by molar-refractivity contribution is -0.136. The summed E-state index contributed by atoms with van der Waals surface area (Å²) in [6.45, 7) is 3.28. The number of benzene rings is 1. The molecular weight excluding hydrogens is 306 g/mol. The van der Waals surface area contributed by atoms with Crippen LogP contribution in [0.5, 0.6) is 0 Å². The highest BCUT2D eigenvalue weighted by atomic mass is 16.5. The van der Waals surface area contributed by atoms with Crippen molar-refractivity contribution < 1.29 is 14.3 Å². The summed E-state index contributed by atoms with van der Waals surface area (Å²) in [5.74, 6) is -1.26. The smallest absolute Gasteiger partial charge is 0.313 e. The highest BCUT2D eigenvalue weighted by Gasteiger charge is 2.19. The summed E-state index contributed by atoms with van der Waals surface area (Å²) < 4.78 is 5.42. The number of anilines is 2. The highest BCUT2D eigenvalue weighted by Crippen LogP contribution is 2.21. The Kier molecular flexibility index (Phi) is 5.69. The lowest BCUT2D eigenvalue weighted by Gasteiger charge is -2.28. The van der Waals surface area contributed by atoms with Gasteiger partial charge in [0.2, 0.25) is 0 Å². The molecule has 0 bridgehead atoms. The minimum absolute atomic E-state index is 0.0329. The largest absolute Gasteiger partial charge is 0.376 e. The van der Waals surface area contributed by atoms with E-state index in [-0.39, 0.29) is 6.10 Å². The zero-order chi connectivity index (χ0) is 16.8. The van der Waals surface area contributed by atoms with Crippen molar-refractivity contribution in [3.63, 3.8) is 0 Å². The van der Waals surface area contributed by atoms with E-state index >= 15 is 0 Å². The third kappa shape index (κ3) is 4.47. The first-order chi connectivity index (χ1) is 11.7. The van der Waals surface area contributed by atoms with Crippen LogP contribution in [-0.2, 0) is 14.3 Å². The van der Waals surface area contributed by atoms with Gasteiger partial charge >= 0.3 is 11.8 Å². The molecule has 0 radical (unpaired) electrons. The second kappa shape index (κ2) is 8.15. The van der Waals surface area contributed by atoms with Crippen molar-refractivity contribution in [2.75, 3.05) is 36.5 Å². The number of ether oxygens (including phenoxy) is 1. The van der Waals surface area contributed by atoms with Crippen molar-refractivity contribution in [3.8, 4) is 0 Å². The predicted octanol–water partition coefficient (Wildman–Crippen LogP) is 1.91. The van der Waals surface area contributed by atoms with Gasteiger partial charge in [-0.25, -0.2) is 0 Å². The molecule has 3 rings (SSSR count). The molecule has 2 amide bonds. The van der Waals surface area contributed by atoms with E-state index in [1.54, 1.807) is 0 Å². The fraction of sp³-hybridized carbons (Fsp3) is 0.556. The molecule has 0 saturated carbocycles. The van der Waals surface area contributed by atoms with Gasteiger partial charge in [-0.15, -0.1) is 0 Å². The second-order valence-electron chi connectivity index (χ2n) is 6.39. The maximum atomic E-state index is 11.9. The molecule has 1 aromatic rings. The molecule has 2 aliphatic heterocycles. The van der Waals surface area contributed by atoms with Crippen LogP contribution in [0.1, 0.15) is 32.1 Å². The van der Waals surface area contributed by atoms with Crippen LogP contribution in [0.4, 0.5) is 11.4 Å². The van der Waals surface area contributed by atoms with Gasteiger partial charge in [-0.1, -0.05) is 0 Å². The van der Waals surface area contributed by atoms with E-state index in [0.29, 0.717) is 12.2 Å². The fourth-order valence-electron chi connectivity index (χ4n) is 3.19. The maximum absolute atomic E-state index is 11.9. The Hall–Kier alpha value is -2.08. The van der Waals surface area contributed by atoms with E-state index in [1.165, 1.54) is 19.3 Å². The summed E-state index contributed by atoms with van der Waals surface area (Å²) in [7, 11) is 0. The molecule has 1 aromatic carbocycles. The molecule has 0 spiro atoms. The Labute approximate surface area is 142 Å². The minimum atomic E-state index is -0.640. The lowest BCUT2D eigenvalue weighted by Crippen LogP contribution is -2.39. The van der Waals surface area contributed by atoms with Crippen molar-refractivity contribution >= 4 is 23.2 Å². The van der Waals surface area contributed by atoms with Gasteiger partial charge in [-0.2, -0.15) is 0 Å². The zero-order valence-electron chi connectivity index (χ0n) is 13.9. The van der Waals surface area contributed by atoms with Crippen LogP contribution in [-0.4, -0.2) is 44.2 Å². The quantitative estimate of drug-likeness (QED) is 0.827. The predicted molar refractivity (Wildman–Crippen MR) is 93.1 cm³/mol. The number of carbonyl (C=O) groups excluding carboxylic acids is 2. The van der Waals surface area contributed by atoms with Gasteiger partial charge in [-0.3, -0.25) is 9.59 Å². The van der Waals surface area contributed by atoms with Gasteiger partial charge in [0.15, 0.2) is 0 Å². The topological polar surface area (TPSA) is 70.7 Å². The Morgan fingerprint density at radius 1 is 1.04 bits per heavy atom. The fourth-order valence-corrected chi connectivity index (χ4v) is 3.19. The van der Waals surface area contributed by atoms with Crippen LogP contribution in [0.2, 0.25) is 0 Å². The molecule has 130 valence electrons. The van der Waals surface area contributed by atoms with Crippen LogP contribution in [0.3, 0.4) is 0 Å². The van der Waals surface area contributed by atoms with E-state index in [1.807, 2.05) is 24.3 Å². The molecule has 2 fully saturated rings. The molecule has 2 aliphatic rings. The first-order valence-corrected chi connectivity index (χ1v) is 8.78. The number of nitrogens with one attached hydrogen (secondary N) is 2. The summed E-state index contributed by atoms with van der Waals surface area (Å²) in [5, 5.41) is 5.26. The molecule has 2 saturated heterocycles. The molecule has 0 aliphatic carbocycles. The standard InChI is InChI=1S/C18H25N3O3/c22-17(19-13-16-5-4-12-24-16)18(23)20-14-6-8-15(9-7-14)21-10-2-1-3-11-21/h6-9,16H,1-5,10-13H2,(H,19,22)(H,20,23). The van der Waals surface area contributed by atoms with Crippen LogP contribution in [0.25, 0.3) is 0 Å². The third-order valence-electron chi connectivity index (χ3n) is 4.57. The normalized spacial score (nSPS) is 20.7. The summed E-state index contributed by atoms with van der Waals surface area (Å²) in [4.78, 5) is 26.1. The van der Waals surface area contributed by atoms with Crippen molar-refractivity contribution in [2.24, 2.45) is 0 Å². The van der Waals surface area contributed by atoms with Crippen molar-refractivity contribution in [1.82, 2.24) is 5.32 Å². The van der Waals surface area contributed by atoms with Crippen molar-refractivity contribution in [3.05, 3.63) is 24.3 Å². The number of piperidine rings is 1. The molecule has 2 N–H and O–H groups in total. The van der Waals surface area contributed by atoms with Crippen LogP contribution in [0, 0.1) is 0 Å². The van der Waals surface area contributed by atoms with E-state index in [4.69, 9.17) is 4.74 Å². The van der Waals surface area contributed by atoms with Crippen LogP contribution >= 0.6 is 0 Å². The highest BCUT2D eigenvalue weighted by molar-refractivity contribution is 6.39. The lowest BCUT2D eigenvalue weighted by atomic mass is 10.1. The van der Waals surface area contributed by atoms with E-state index < -0.39 is 11.8 Å². The molecule has 0 aromatic heterocycles. The number of nitrogens with zero attached hydrogens (tertiary/aromatic N) is 1. The molecule has 2 heterocycles. The molecule has 1 atom stereocenters. The molecule has 24 heavy (non-hydrogen) atoms. The number of rotatable bonds is 4. The number of carbonyl (C=O) groups is 2. The van der Waals surface area contributed by atoms with Crippen molar-refractivity contribution in [1.29, 1.82) is 0 Å².